The second-order valence-electron chi connectivity index (χ2n) is 5.61. The molecule has 0 atom stereocenters. The molecule has 1 heterocycles. The molecule has 0 bridgehead atoms. The first kappa shape index (κ1) is 17.9. The highest BCUT2D eigenvalue weighted by molar-refractivity contribution is 7.22. The minimum atomic E-state index is -0.246. The van der Waals surface area contributed by atoms with Crippen molar-refractivity contribution in [2.75, 3.05) is 19.5 Å². The maximum Gasteiger partial charge on any atom is 0.250 e. The Hall–Kier alpha value is -2.86. The van der Waals surface area contributed by atoms with E-state index in [1.165, 1.54) is 23.0 Å². The summed E-state index contributed by atoms with van der Waals surface area (Å²) in [5, 5.41) is 3.40. The third-order valence-electron chi connectivity index (χ3n) is 3.94. The van der Waals surface area contributed by atoms with Crippen LogP contribution in [0, 0.1) is 0 Å². The topological polar surface area (TPSA) is 60.5 Å². The summed E-state index contributed by atoms with van der Waals surface area (Å²) in [7, 11) is 3.18. The van der Waals surface area contributed by atoms with Gasteiger partial charge in [0.25, 0.3) is 0 Å². The molecule has 0 unspecified atom stereocenters. The van der Waals surface area contributed by atoms with Gasteiger partial charge in [0.2, 0.25) is 5.91 Å². The fourth-order valence-corrected chi connectivity index (χ4v) is 3.46. The highest BCUT2D eigenvalue weighted by atomic mass is 32.1. The normalized spacial score (nSPS) is 11.0. The number of anilines is 1. The van der Waals surface area contributed by atoms with Crippen LogP contribution < -0.4 is 14.8 Å². The van der Waals surface area contributed by atoms with Gasteiger partial charge in [-0.2, -0.15) is 0 Å². The second-order valence-corrected chi connectivity index (χ2v) is 6.64. The van der Waals surface area contributed by atoms with Crippen molar-refractivity contribution >= 4 is 38.7 Å². The Labute approximate surface area is 156 Å². The summed E-state index contributed by atoms with van der Waals surface area (Å²) in [6.07, 6.45) is 4.13. The number of carbonyl (C=O) groups excluding carboxylic acids is 1. The van der Waals surface area contributed by atoms with Crippen LogP contribution in [0.2, 0.25) is 0 Å². The van der Waals surface area contributed by atoms with E-state index in [4.69, 9.17) is 9.47 Å². The molecule has 0 saturated heterocycles. The van der Waals surface area contributed by atoms with Crippen LogP contribution in [-0.2, 0) is 11.2 Å². The molecule has 0 aliphatic heterocycles. The molecule has 1 aromatic heterocycles. The van der Waals surface area contributed by atoms with E-state index in [-0.39, 0.29) is 5.91 Å². The number of aryl methyl sites for hydroxylation is 1. The first-order valence-electron chi connectivity index (χ1n) is 8.23. The van der Waals surface area contributed by atoms with Crippen molar-refractivity contribution < 1.29 is 14.3 Å². The van der Waals surface area contributed by atoms with Crippen LogP contribution in [0.25, 0.3) is 16.3 Å². The van der Waals surface area contributed by atoms with Gasteiger partial charge < -0.3 is 9.47 Å². The fourth-order valence-electron chi connectivity index (χ4n) is 2.52. The molecule has 0 aliphatic rings. The lowest BCUT2D eigenvalue weighted by molar-refractivity contribution is -0.111. The van der Waals surface area contributed by atoms with Gasteiger partial charge in [0, 0.05) is 11.6 Å². The summed E-state index contributed by atoms with van der Waals surface area (Å²) in [6, 6.07) is 11.6. The summed E-state index contributed by atoms with van der Waals surface area (Å²) < 4.78 is 11.6. The summed E-state index contributed by atoms with van der Waals surface area (Å²) in [6.45, 7) is 2.11. The number of hydrogen-bond donors (Lipinski definition) is 1. The number of nitrogens with one attached hydrogen (secondary N) is 1. The zero-order chi connectivity index (χ0) is 18.5. The van der Waals surface area contributed by atoms with Gasteiger partial charge in [-0.3, -0.25) is 10.1 Å². The Kier molecular flexibility index (Phi) is 5.53. The van der Waals surface area contributed by atoms with E-state index >= 15 is 0 Å². The number of aromatic nitrogens is 1. The Balaban J connectivity index is 1.75. The van der Waals surface area contributed by atoms with E-state index < -0.39 is 0 Å². The first-order valence-corrected chi connectivity index (χ1v) is 9.05. The first-order chi connectivity index (χ1) is 12.6. The molecule has 0 saturated carbocycles. The standard InChI is InChI=1S/C20H20N2O3S/c1-4-13-5-8-16-18(11-13)26-20(21-16)22-19(23)10-6-14-12-15(24-2)7-9-17(14)25-3/h5-12H,4H2,1-3H3,(H,21,22,23)/b10-6+. The average Bonchev–Trinajstić information content (AvgIpc) is 3.07. The number of nitrogens with zero attached hydrogens (tertiary/aromatic N) is 1. The minimum absolute atomic E-state index is 0.246. The zero-order valence-corrected chi connectivity index (χ0v) is 15.7. The molecule has 3 aromatic rings. The number of thiazole rings is 1. The Morgan fingerprint density at radius 1 is 1.19 bits per heavy atom. The molecule has 3 rings (SSSR count). The fraction of sp³-hybridized carbons (Fsp3) is 0.200. The third-order valence-corrected chi connectivity index (χ3v) is 4.88. The Morgan fingerprint density at radius 2 is 2.04 bits per heavy atom. The number of rotatable bonds is 6. The molecule has 0 aliphatic carbocycles. The zero-order valence-electron chi connectivity index (χ0n) is 14.9. The van der Waals surface area contributed by atoms with Crippen LogP contribution in [0.15, 0.2) is 42.5 Å². The van der Waals surface area contributed by atoms with Gasteiger partial charge in [0.05, 0.1) is 24.4 Å². The molecule has 5 nitrogen and oxygen atoms in total. The predicted octanol–water partition coefficient (Wildman–Crippen LogP) is 4.53. The summed E-state index contributed by atoms with van der Waals surface area (Å²) in [5.74, 6) is 1.12. The van der Waals surface area contributed by atoms with Crippen LogP contribution in [0.1, 0.15) is 18.1 Å². The molecule has 134 valence electrons. The van der Waals surface area contributed by atoms with Gasteiger partial charge in [0.15, 0.2) is 5.13 Å². The number of benzene rings is 2. The van der Waals surface area contributed by atoms with Gasteiger partial charge in [0.1, 0.15) is 11.5 Å². The highest BCUT2D eigenvalue weighted by Gasteiger charge is 2.07. The molecule has 2 aromatic carbocycles. The summed E-state index contributed by atoms with van der Waals surface area (Å²) in [5.41, 5.74) is 2.91. The van der Waals surface area contributed by atoms with Crippen molar-refractivity contribution in [1.82, 2.24) is 4.98 Å². The molecule has 1 amide bonds. The van der Waals surface area contributed by atoms with Crippen molar-refractivity contribution in [1.29, 1.82) is 0 Å². The van der Waals surface area contributed by atoms with E-state index in [1.807, 2.05) is 18.2 Å². The molecular formula is C20H20N2O3S. The van der Waals surface area contributed by atoms with Gasteiger partial charge in [-0.25, -0.2) is 4.98 Å². The van der Waals surface area contributed by atoms with Crippen molar-refractivity contribution in [2.24, 2.45) is 0 Å². The minimum Gasteiger partial charge on any atom is -0.497 e. The SMILES string of the molecule is CCc1ccc2nc(NC(=O)/C=C/c3cc(OC)ccc3OC)sc2c1. The second kappa shape index (κ2) is 8.01. The lowest BCUT2D eigenvalue weighted by atomic mass is 10.1. The monoisotopic (exact) mass is 368 g/mol. The number of ether oxygens (including phenoxy) is 2. The smallest absolute Gasteiger partial charge is 0.250 e. The number of methoxy groups -OCH3 is 2. The van der Waals surface area contributed by atoms with Crippen LogP contribution >= 0.6 is 11.3 Å². The molecule has 0 spiro atoms. The molecule has 1 N–H and O–H groups in total. The number of amides is 1. The van der Waals surface area contributed by atoms with E-state index in [0.29, 0.717) is 16.6 Å². The average molecular weight is 368 g/mol. The van der Waals surface area contributed by atoms with Gasteiger partial charge >= 0.3 is 0 Å². The van der Waals surface area contributed by atoms with Crippen molar-refractivity contribution in [2.45, 2.75) is 13.3 Å². The summed E-state index contributed by atoms with van der Waals surface area (Å²) >= 11 is 1.47. The quantitative estimate of drug-likeness (QED) is 0.650. The van der Waals surface area contributed by atoms with E-state index in [9.17, 15) is 4.79 Å². The van der Waals surface area contributed by atoms with Crippen molar-refractivity contribution in [3.8, 4) is 11.5 Å². The lowest BCUT2D eigenvalue weighted by Crippen LogP contribution is -2.07. The molecule has 0 radical (unpaired) electrons. The van der Waals surface area contributed by atoms with Crippen LogP contribution in [-0.4, -0.2) is 25.1 Å². The van der Waals surface area contributed by atoms with E-state index in [2.05, 4.69) is 29.4 Å². The van der Waals surface area contributed by atoms with Gasteiger partial charge in [-0.1, -0.05) is 24.3 Å². The molecular weight excluding hydrogens is 348 g/mol. The molecule has 6 heteroatoms. The molecule has 26 heavy (non-hydrogen) atoms. The number of hydrogen-bond acceptors (Lipinski definition) is 5. The Morgan fingerprint density at radius 3 is 2.77 bits per heavy atom. The van der Waals surface area contributed by atoms with Crippen LogP contribution in [0.3, 0.4) is 0 Å². The van der Waals surface area contributed by atoms with Crippen molar-refractivity contribution in [3.63, 3.8) is 0 Å². The largest absolute Gasteiger partial charge is 0.497 e. The van der Waals surface area contributed by atoms with Crippen molar-refractivity contribution in [3.05, 3.63) is 53.6 Å². The van der Waals surface area contributed by atoms with Gasteiger partial charge in [-0.05, 0) is 48.4 Å². The van der Waals surface area contributed by atoms with Gasteiger partial charge in [-0.15, -0.1) is 0 Å². The lowest BCUT2D eigenvalue weighted by Gasteiger charge is -2.07. The third kappa shape index (κ3) is 4.03. The highest BCUT2D eigenvalue weighted by Crippen LogP contribution is 2.28. The molecule has 0 fully saturated rings. The maximum absolute atomic E-state index is 12.2. The number of carbonyl (C=O) groups is 1. The predicted molar refractivity (Wildman–Crippen MR) is 106 cm³/mol. The van der Waals surface area contributed by atoms with E-state index in [0.717, 1.165) is 22.2 Å². The van der Waals surface area contributed by atoms with Crippen LogP contribution in [0.4, 0.5) is 5.13 Å². The maximum atomic E-state index is 12.2. The summed E-state index contributed by atoms with van der Waals surface area (Å²) in [4.78, 5) is 16.7. The van der Waals surface area contributed by atoms with Crippen LogP contribution in [0.5, 0.6) is 11.5 Å². The van der Waals surface area contributed by atoms with E-state index in [1.54, 1.807) is 26.4 Å². The Bertz CT molecular complexity index is 963. The number of fused-ring (bicyclic) bond motifs is 1.